The van der Waals surface area contributed by atoms with Crippen LogP contribution in [0, 0.1) is 0 Å². The maximum Gasteiger partial charge on any atom is 0.261 e. The zero-order chi connectivity index (χ0) is 21.4. The molecule has 3 heterocycles. The summed E-state index contributed by atoms with van der Waals surface area (Å²) in [5, 5.41) is 11.2. The number of pyridine rings is 1. The summed E-state index contributed by atoms with van der Waals surface area (Å²) in [5.41, 5.74) is 4.94. The molecule has 0 aliphatic carbocycles. The molecule has 0 unspecified atom stereocenters. The molecule has 3 aromatic heterocycles. The minimum Gasteiger partial charge on any atom is -0.494 e. The lowest BCUT2D eigenvalue weighted by Crippen LogP contribution is -2.12. The van der Waals surface area contributed by atoms with Crippen LogP contribution in [0.15, 0.2) is 76.3 Å². The lowest BCUT2D eigenvalue weighted by Gasteiger charge is -2.07. The number of anilines is 1. The van der Waals surface area contributed by atoms with E-state index in [1.807, 2.05) is 12.1 Å². The number of hydrogen-bond acceptors (Lipinski definition) is 7. The Labute approximate surface area is 188 Å². The van der Waals surface area contributed by atoms with Gasteiger partial charge in [0, 0.05) is 24.0 Å². The number of fused-ring (bicyclic) bond motifs is 3. The van der Waals surface area contributed by atoms with E-state index < -0.39 is 10.0 Å². The minimum atomic E-state index is -3.72. The summed E-state index contributed by atoms with van der Waals surface area (Å²) in [4.78, 5) is 15.7. The van der Waals surface area contributed by atoms with Crippen LogP contribution in [-0.4, -0.2) is 34.7 Å². The van der Waals surface area contributed by atoms with E-state index in [1.165, 1.54) is 35.9 Å². The van der Waals surface area contributed by atoms with Crippen molar-refractivity contribution in [1.82, 2.24) is 15.0 Å². The molecule has 32 heavy (non-hydrogen) atoms. The fourth-order valence-electron chi connectivity index (χ4n) is 3.22. The Morgan fingerprint density at radius 1 is 1.06 bits per heavy atom. The molecule has 0 fully saturated rings. The van der Waals surface area contributed by atoms with Gasteiger partial charge in [-0.3, -0.25) is 14.7 Å². The van der Waals surface area contributed by atoms with Gasteiger partial charge in [-0.05, 0) is 48.5 Å². The van der Waals surface area contributed by atoms with Crippen molar-refractivity contribution in [3.05, 3.63) is 72.0 Å². The molecule has 0 spiro atoms. The van der Waals surface area contributed by atoms with E-state index >= 15 is 0 Å². The summed E-state index contributed by atoms with van der Waals surface area (Å²) in [7, 11) is -3.72. The van der Waals surface area contributed by atoms with Crippen molar-refractivity contribution in [3.63, 3.8) is 0 Å². The van der Waals surface area contributed by atoms with Gasteiger partial charge in [0.25, 0.3) is 10.0 Å². The van der Waals surface area contributed by atoms with Crippen LogP contribution in [0.3, 0.4) is 0 Å². The van der Waals surface area contributed by atoms with Gasteiger partial charge in [0.05, 0.1) is 43.1 Å². The van der Waals surface area contributed by atoms with E-state index in [0.717, 1.165) is 21.1 Å². The number of benzene rings is 2. The van der Waals surface area contributed by atoms with Crippen molar-refractivity contribution >= 4 is 60.1 Å². The van der Waals surface area contributed by atoms with E-state index in [0.29, 0.717) is 16.9 Å². The topological polar surface area (TPSA) is 120 Å². The molecule has 0 saturated heterocycles. The molecule has 0 aliphatic rings. The van der Waals surface area contributed by atoms with E-state index in [2.05, 4.69) is 24.7 Å². The average Bonchev–Trinajstić information content (AvgIpc) is 3.36. The monoisotopic (exact) mass is 465 g/mol. The van der Waals surface area contributed by atoms with Crippen molar-refractivity contribution in [3.8, 4) is 5.88 Å². The van der Waals surface area contributed by atoms with Crippen LogP contribution in [0.5, 0.6) is 5.88 Å². The smallest absolute Gasteiger partial charge is 0.261 e. The summed E-state index contributed by atoms with van der Waals surface area (Å²) in [5.74, 6) is 0.0143. The SMILES string of the molecule is C.O=S(=O)(Nc1ccncc1)c1ccc(N=Cc2c(O)[nH]c3ccc4ncsc4c23)cc1. The molecule has 162 valence electrons. The van der Waals surface area contributed by atoms with Crippen LogP contribution in [0.2, 0.25) is 0 Å². The highest BCUT2D eigenvalue weighted by atomic mass is 32.2. The number of hydrogen-bond donors (Lipinski definition) is 3. The van der Waals surface area contributed by atoms with Crippen molar-refractivity contribution in [1.29, 1.82) is 0 Å². The molecule has 3 N–H and O–H groups in total. The molecule has 0 saturated carbocycles. The lowest BCUT2D eigenvalue weighted by molar-refractivity contribution is 0.457. The molecular formula is C22H19N5O3S2. The maximum absolute atomic E-state index is 12.5. The van der Waals surface area contributed by atoms with Crippen molar-refractivity contribution in [2.24, 2.45) is 4.99 Å². The van der Waals surface area contributed by atoms with Crippen LogP contribution >= 0.6 is 11.3 Å². The number of aromatic nitrogens is 3. The third-order valence-electron chi connectivity index (χ3n) is 4.70. The number of thiazole rings is 1. The van der Waals surface area contributed by atoms with Crippen molar-refractivity contribution < 1.29 is 13.5 Å². The van der Waals surface area contributed by atoms with E-state index in [1.54, 1.807) is 36.0 Å². The lowest BCUT2D eigenvalue weighted by atomic mass is 10.1. The van der Waals surface area contributed by atoms with Gasteiger partial charge in [-0.25, -0.2) is 13.4 Å². The van der Waals surface area contributed by atoms with Crippen LogP contribution in [0.4, 0.5) is 11.4 Å². The van der Waals surface area contributed by atoms with Crippen molar-refractivity contribution in [2.75, 3.05) is 4.72 Å². The first-order valence-corrected chi connectivity index (χ1v) is 11.5. The Balaban J connectivity index is 0.00000245. The Morgan fingerprint density at radius 3 is 2.56 bits per heavy atom. The fraction of sp³-hybridized carbons (Fsp3) is 0.0455. The van der Waals surface area contributed by atoms with Gasteiger partial charge in [0.1, 0.15) is 0 Å². The highest BCUT2D eigenvalue weighted by Gasteiger charge is 2.15. The predicted octanol–water partition coefficient (Wildman–Crippen LogP) is 5.07. The predicted molar refractivity (Wildman–Crippen MR) is 129 cm³/mol. The summed E-state index contributed by atoms with van der Waals surface area (Å²) >= 11 is 1.49. The number of aliphatic imine (C=N–C) groups is 1. The average molecular weight is 466 g/mol. The van der Waals surface area contributed by atoms with Crippen LogP contribution < -0.4 is 4.72 Å². The van der Waals surface area contributed by atoms with E-state index in [4.69, 9.17) is 0 Å². The third-order valence-corrected chi connectivity index (χ3v) is 6.96. The Hall–Kier alpha value is -3.76. The molecule has 0 amide bonds. The molecule has 0 bridgehead atoms. The highest BCUT2D eigenvalue weighted by Crippen LogP contribution is 2.34. The third kappa shape index (κ3) is 3.93. The van der Waals surface area contributed by atoms with Gasteiger partial charge in [0.15, 0.2) is 5.88 Å². The normalized spacial score (nSPS) is 11.8. The standard InChI is InChI=1S/C21H15N5O3S2.CH4/c27-21-16(19-17(25-21)5-6-18-20(19)30-12-24-18)11-23-13-1-3-15(4-2-13)31(28,29)26-14-7-9-22-10-8-14;/h1-12,25,27H,(H,22,26);1H4. The molecule has 2 aromatic carbocycles. The molecule has 0 radical (unpaired) electrons. The first-order chi connectivity index (χ1) is 15.0. The van der Waals surface area contributed by atoms with E-state index in [-0.39, 0.29) is 18.2 Å². The quantitative estimate of drug-likeness (QED) is 0.313. The first-order valence-electron chi connectivity index (χ1n) is 9.15. The van der Waals surface area contributed by atoms with E-state index in [9.17, 15) is 13.5 Å². The van der Waals surface area contributed by atoms with Gasteiger partial charge in [-0.15, -0.1) is 11.3 Å². The molecule has 0 atom stereocenters. The number of aromatic amines is 1. The number of nitrogens with zero attached hydrogens (tertiary/aromatic N) is 3. The fourth-order valence-corrected chi connectivity index (χ4v) is 5.13. The van der Waals surface area contributed by atoms with Gasteiger partial charge in [-0.2, -0.15) is 0 Å². The molecule has 8 nitrogen and oxygen atoms in total. The second-order valence-electron chi connectivity index (χ2n) is 6.67. The Bertz CT molecular complexity index is 1520. The summed E-state index contributed by atoms with van der Waals surface area (Å²) in [6.45, 7) is 0. The largest absolute Gasteiger partial charge is 0.494 e. The number of H-pyrrole nitrogens is 1. The zero-order valence-electron chi connectivity index (χ0n) is 15.9. The first kappa shape index (κ1) is 21.5. The van der Waals surface area contributed by atoms with Crippen LogP contribution in [-0.2, 0) is 10.0 Å². The van der Waals surface area contributed by atoms with Crippen molar-refractivity contribution in [2.45, 2.75) is 12.3 Å². The highest BCUT2D eigenvalue weighted by molar-refractivity contribution is 7.92. The number of sulfonamides is 1. The number of rotatable bonds is 5. The molecule has 5 aromatic rings. The molecule has 5 rings (SSSR count). The Morgan fingerprint density at radius 2 is 1.81 bits per heavy atom. The Kier molecular flexibility index (Phi) is 5.64. The van der Waals surface area contributed by atoms with Crippen LogP contribution in [0.25, 0.3) is 21.1 Å². The molecule has 0 aliphatic heterocycles. The maximum atomic E-state index is 12.5. The minimum absolute atomic E-state index is 0. The van der Waals surface area contributed by atoms with Gasteiger partial charge < -0.3 is 10.1 Å². The molecular weight excluding hydrogens is 446 g/mol. The summed E-state index contributed by atoms with van der Waals surface area (Å²) < 4.78 is 28.5. The number of aromatic hydroxyl groups is 1. The van der Waals surface area contributed by atoms with Gasteiger partial charge in [0.2, 0.25) is 0 Å². The summed E-state index contributed by atoms with van der Waals surface area (Å²) in [6, 6.07) is 13.1. The second-order valence-corrected chi connectivity index (χ2v) is 9.21. The number of nitrogens with one attached hydrogen (secondary N) is 2. The van der Waals surface area contributed by atoms with Gasteiger partial charge >= 0.3 is 0 Å². The van der Waals surface area contributed by atoms with Crippen LogP contribution in [0.1, 0.15) is 13.0 Å². The second kappa shape index (κ2) is 8.40. The van der Waals surface area contributed by atoms with Gasteiger partial charge in [-0.1, -0.05) is 7.43 Å². The summed E-state index contributed by atoms with van der Waals surface area (Å²) in [6.07, 6.45) is 4.58. The molecule has 10 heteroatoms. The zero-order valence-corrected chi connectivity index (χ0v) is 17.5.